The summed E-state index contributed by atoms with van der Waals surface area (Å²) < 4.78 is 5.38. The summed E-state index contributed by atoms with van der Waals surface area (Å²) in [5.41, 5.74) is -1.09. The molecule has 9 heteroatoms. The monoisotopic (exact) mass is 370 g/mol. The van der Waals surface area contributed by atoms with Crippen molar-refractivity contribution in [2.75, 3.05) is 18.4 Å². The van der Waals surface area contributed by atoms with E-state index < -0.39 is 16.1 Å². The van der Waals surface area contributed by atoms with Gasteiger partial charge in [0.15, 0.2) is 0 Å². The lowest BCUT2D eigenvalue weighted by molar-refractivity contribution is -0.384. The molecule has 2 heterocycles. The minimum absolute atomic E-state index is 0.125. The van der Waals surface area contributed by atoms with Crippen LogP contribution in [0.2, 0.25) is 5.15 Å². The van der Waals surface area contributed by atoms with Crippen molar-refractivity contribution in [3.8, 4) is 0 Å². The van der Waals surface area contributed by atoms with Crippen LogP contribution in [0.3, 0.4) is 0 Å². The highest BCUT2D eigenvalue weighted by Gasteiger charge is 2.35. The van der Waals surface area contributed by atoms with Crippen molar-refractivity contribution in [1.82, 2.24) is 9.88 Å². The zero-order valence-electron chi connectivity index (χ0n) is 14.8. The number of ether oxygens (including phenoxy) is 1. The van der Waals surface area contributed by atoms with E-state index >= 15 is 0 Å². The molecule has 0 bridgehead atoms. The minimum atomic E-state index is -0.540. The largest absolute Gasteiger partial charge is 0.444 e. The summed E-state index contributed by atoms with van der Waals surface area (Å²) in [7, 11) is 0. The lowest BCUT2D eigenvalue weighted by atomic mass is 9.89. The Kier molecular flexibility index (Phi) is 5.41. The van der Waals surface area contributed by atoms with Crippen molar-refractivity contribution in [2.24, 2.45) is 0 Å². The molecule has 0 atom stereocenters. The van der Waals surface area contributed by atoms with Gasteiger partial charge in [-0.25, -0.2) is 9.78 Å². The van der Waals surface area contributed by atoms with Gasteiger partial charge < -0.3 is 15.0 Å². The Morgan fingerprint density at radius 2 is 2.00 bits per heavy atom. The number of hydrogen-bond acceptors (Lipinski definition) is 6. The lowest BCUT2D eigenvalue weighted by Gasteiger charge is -2.40. The fourth-order valence-corrected chi connectivity index (χ4v) is 2.73. The number of nitro groups is 1. The van der Waals surface area contributed by atoms with Crippen LogP contribution in [0.25, 0.3) is 0 Å². The van der Waals surface area contributed by atoms with Gasteiger partial charge in [-0.2, -0.15) is 0 Å². The molecule has 8 nitrogen and oxygen atoms in total. The van der Waals surface area contributed by atoms with Gasteiger partial charge in [-0.1, -0.05) is 11.6 Å². The predicted molar refractivity (Wildman–Crippen MR) is 95.0 cm³/mol. The van der Waals surface area contributed by atoms with E-state index in [1.807, 2.05) is 27.7 Å². The maximum Gasteiger partial charge on any atom is 0.410 e. The van der Waals surface area contributed by atoms with Gasteiger partial charge in [-0.3, -0.25) is 10.1 Å². The van der Waals surface area contributed by atoms with Crippen LogP contribution in [0.4, 0.5) is 16.3 Å². The fourth-order valence-electron chi connectivity index (χ4n) is 2.59. The van der Waals surface area contributed by atoms with Gasteiger partial charge in [-0.05, 0) is 46.6 Å². The molecule has 1 aliphatic rings. The highest BCUT2D eigenvalue weighted by molar-refractivity contribution is 6.29. The quantitative estimate of drug-likeness (QED) is 0.493. The molecular weight excluding hydrogens is 348 g/mol. The Bertz CT molecular complexity index is 667. The molecule has 1 N–H and O–H groups in total. The van der Waals surface area contributed by atoms with Crippen LogP contribution in [-0.4, -0.2) is 45.1 Å². The van der Waals surface area contributed by atoms with E-state index in [1.165, 1.54) is 12.1 Å². The van der Waals surface area contributed by atoms with Gasteiger partial charge in [0.05, 0.1) is 4.92 Å². The molecule has 1 saturated heterocycles. The molecule has 0 unspecified atom stereocenters. The summed E-state index contributed by atoms with van der Waals surface area (Å²) in [6, 6.07) is 2.72. The van der Waals surface area contributed by atoms with Crippen LogP contribution in [-0.2, 0) is 4.74 Å². The standard InChI is InChI=1S/C16H23ClN4O4/c1-15(2,3)25-14(22)20-9-7-16(4,8-10-20)19-13-11(21(23)24)5-6-12(17)18-13/h5-6H,7-10H2,1-4H3,(H,18,19). The molecule has 0 aliphatic carbocycles. The van der Waals surface area contributed by atoms with Gasteiger partial charge in [0.2, 0.25) is 5.82 Å². The molecule has 2 rings (SSSR count). The van der Waals surface area contributed by atoms with Gasteiger partial charge in [0.1, 0.15) is 10.8 Å². The van der Waals surface area contributed by atoms with Crippen molar-refractivity contribution in [1.29, 1.82) is 0 Å². The van der Waals surface area contributed by atoms with E-state index in [2.05, 4.69) is 10.3 Å². The summed E-state index contributed by atoms with van der Waals surface area (Å²) in [6.45, 7) is 8.41. The third-order valence-electron chi connectivity index (χ3n) is 3.98. The number of likely N-dealkylation sites (tertiary alicyclic amines) is 1. The van der Waals surface area contributed by atoms with Crippen LogP contribution in [0.5, 0.6) is 0 Å². The van der Waals surface area contributed by atoms with E-state index in [0.29, 0.717) is 25.9 Å². The fraction of sp³-hybridized carbons (Fsp3) is 0.625. The number of hydrogen-bond donors (Lipinski definition) is 1. The molecule has 0 saturated carbocycles. The lowest BCUT2D eigenvalue weighted by Crippen LogP contribution is -2.50. The SMILES string of the molecule is CC1(Nc2nc(Cl)ccc2[N+](=O)[O-])CCN(C(=O)OC(C)(C)C)CC1. The van der Waals surface area contributed by atoms with E-state index in [9.17, 15) is 14.9 Å². The molecular formula is C16H23ClN4O4. The van der Waals surface area contributed by atoms with Gasteiger partial charge in [-0.15, -0.1) is 0 Å². The van der Waals surface area contributed by atoms with E-state index in [0.717, 1.165) is 0 Å². The van der Waals surface area contributed by atoms with Gasteiger partial charge >= 0.3 is 11.8 Å². The topological polar surface area (TPSA) is 97.6 Å². The molecule has 0 aromatic carbocycles. The van der Waals surface area contributed by atoms with Crippen LogP contribution in [0.15, 0.2) is 12.1 Å². The summed E-state index contributed by atoms with van der Waals surface area (Å²) >= 11 is 5.87. The van der Waals surface area contributed by atoms with E-state index in [1.54, 1.807) is 4.90 Å². The highest BCUT2D eigenvalue weighted by Crippen LogP contribution is 2.31. The number of carbonyl (C=O) groups excluding carboxylic acids is 1. The molecule has 25 heavy (non-hydrogen) atoms. The minimum Gasteiger partial charge on any atom is -0.444 e. The summed E-state index contributed by atoms with van der Waals surface area (Å²) in [5.74, 6) is 0.144. The molecule has 138 valence electrons. The molecule has 1 fully saturated rings. The third kappa shape index (κ3) is 5.19. The molecule has 1 aromatic heterocycles. The number of rotatable bonds is 3. The number of piperidine rings is 1. The first kappa shape index (κ1) is 19.2. The second-order valence-corrected chi connectivity index (χ2v) is 7.80. The predicted octanol–water partition coefficient (Wildman–Crippen LogP) is 3.84. The molecule has 1 amide bonds. The van der Waals surface area contributed by atoms with Crippen LogP contribution in [0.1, 0.15) is 40.5 Å². The maximum atomic E-state index is 12.1. The molecule has 1 aliphatic heterocycles. The van der Waals surface area contributed by atoms with E-state index in [4.69, 9.17) is 16.3 Å². The highest BCUT2D eigenvalue weighted by atomic mass is 35.5. The number of halogens is 1. The second kappa shape index (κ2) is 7.03. The second-order valence-electron chi connectivity index (χ2n) is 7.41. The number of aromatic nitrogens is 1. The number of nitrogens with zero attached hydrogens (tertiary/aromatic N) is 3. The van der Waals surface area contributed by atoms with Crippen molar-refractivity contribution < 1.29 is 14.5 Å². The number of carbonyl (C=O) groups is 1. The first-order valence-corrected chi connectivity index (χ1v) is 8.44. The number of anilines is 1. The molecule has 0 spiro atoms. The Morgan fingerprint density at radius 3 is 2.52 bits per heavy atom. The zero-order chi connectivity index (χ0) is 18.8. The van der Waals surface area contributed by atoms with Crippen molar-refractivity contribution in [3.63, 3.8) is 0 Å². The van der Waals surface area contributed by atoms with Crippen molar-refractivity contribution >= 4 is 29.2 Å². The van der Waals surface area contributed by atoms with Gasteiger partial charge in [0.25, 0.3) is 0 Å². The smallest absolute Gasteiger partial charge is 0.410 e. The Morgan fingerprint density at radius 1 is 1.40 bits per heavy atom. The van der Waals surface area contributed by atoms with Crippen LogP contribution in [0, 0.1) is 10.1 Å². The average Bonchev–Trinajstić information content (AvgIpc) is 2.45. The number of nitrogens with one attached hydrogen (secondary N) is 1. The number of amides is 1. The molecule has 1 aromatic rings. The first-order valence-electron chi connectivity index (χ1n) is 8.06. The Labute approximate surface area is 151 Å². The number of pyridine rings is 1. The zero-order valence-corrected chi connectivity index (χ0v) is 15.6. The van der Waals surface area contributed by atoms with Crippen LogP contribution >= 0.6 is 11.6 Å². The normalized spacial score (nSPS) is 17.1. The van der Waals surface area contributed by atoms with Crippen molar-refractivity contribution in [3.05, 3.63) is 27.4 Å². The van der Waals surface area contributed by atoms with Crippen LogP contribution < -0.4 is 5.32 Å². The Hall–Kier alpha value is -2.09. The summed E-state index contributed by atoms with van der Waals surface area (Å²) in [4.78, 5) is 28.5. The first-order chi connectivity index (χ1) is 11.5. The van der Waals surface area contributed by atoms with E-state index in [-0.39, 0.29) is 22.8 Å². The van der Waals surface area contributed by atoms with Gasteiger partial charge in [0, 0.05) is 24.7 Å². The third-order valence-corrected chi connectivity index (χ3v) is 4.19. The summed E-state index contributed by atoms with van der Waals surface area (Å²) in [5, 5.41) is 14.5. The Balaban J connectivity index is 2.05. The average molecular weight is 371 g/mol. The maximum absolute atomic E-state index is 12.1. The molecule has 0 radical (unpaired) electrons. The van der Waals surface area contributed by atoms with Crippen molar-refractivity contribution in [2.45, 2.75) is 51.7 Å². The summed E-state index contributed by atoms with van der Waals surface area (Å²) in [6.07, 6.45) is 0.872.